The van der Waals surface area contributed by atoms with Gasteiger partial charge in [-0.25, -0.2) is 0 Å². The summed E-state index contributed by atoms with van der Waals surface area (Å²) in [4.78, 5) is 2.34. The van der Waals surface area contributed by atoms with Gasteiger partial charge in [-0.15, -0.1) is 0 Å². The van der Waals surface area contributed by atoms with Crippen LogP contribution >= 0.6 is 0 Å². The van der Waals surface area contributed by atoms with E-state index in [-0.39, 0.29) is 0 Å². The van der Waals surface area contributed by atoms with Crippen LogP contribution in [0.2, 0.25) is 0 Å². The lowest BCUT2D eigenvalue weighted by molar-refractivity contribution is 0.122. The van der Waals surface area contributed by atoms with Crippen LogP contribution in [0.4, 0.5) is 0 Å². The van der Waals surface area contributed by atoms with E-state index in [0.717, 1.165) is 6.61 Å². The fourth-order valence-electron chi connectivity index (χ4n) is 1.91. The number of nitrogens with zero attached hydrogens (tertiary/aromatic N) is 1. The molecule has 0 radical (unpaired) electrons. The largest absolute Gasteiger partial charge is 0.383 e. The van der Waals surface area contributed by atoms with Crippen molar-refractivity contribution in [3.05, 3.63) is 0 Å². The van der Waals surface area contributed by atoms with Crippen LogP contribution < -0.4 is 0 Å². The minimum atomic E-state index is 0.537. The number of hydrogen-bond acceptors (Lipinski definition) is 2. The highest BCUT2D eigenvalue weighted by Gasteiger charge is 2.40. The van der Waals surface area contributed by atoms with Crippen molar-refractivity contribution in [2.45, 2.75) is 18.5 Å². The first kappa shape index (κ1) is 7.15. The maximum atomic E-state index is 5.12. The fraction of sp³-hybridized carbons (Fsp3) is 0.778. The molecule has 0 saturated carbocycles. The fourth-order valence-corrected chi connectivity index (χ4v) is 1.91. The van der Waals surface area contributed by atoms with Crippen molar-refractivity contribution >= 4 is 0 Å². The van der Waals surface area contributed by atoms with Crippen LogP contribution in [0.1, 0.15) is 6.42 Å². The summed E-state index contributed by atoms with van der Waals surface area (Å²) in [5.41, 5.74) is 0. The van der Waals surface area contributed by atoms with E-state index in [1.807, 2.05) is 0 Å². The topological polar surface area (TPSA) is 12.5 Å². The van der Waals surface area contributed by atoms with E-state index in [0.29, 0.717) is 18.0 Å². The molecule has 11 heavy (non-hydrogen) atoms. The molecule has 2 heteroatoms. The number of methoxy groups -OCH3 is 1. The number of likely N-dealkylation sites (tertiary alicyclic amines) is 1. The average molecular weight is 151 g/mol. The van der Waals surface area contributed by atoms with Crippen LogP contribution in [-0.2, 0) is 4.74 Å². The minimum Gasteiger partial charge on any atom is -0.383 e. The first-order valence-corrected chi connectivity index (χ1v) is 4.05. The number of hydrogen-bond donors (Lipinski definition) is 0. The molecule has 1 heterocycles. The molecule has 3 atom stereocenters. The van der Waals surface area contributed by atoms with Gasteiger partial charge in [0, 0.05) is 19.1 Å². The van der Waals surface area contributed by atoms with Crippen molar-refractivity contribution in [3.63, 3.8) is 0 Å². The number of fused-ring (bicyclic) bond motifs is 1. The molecule has 60 valence electrons. The summed E-state index contributed by atoms with van der Waals surface area (Å²) < 4.78 is 5.12. The second kappa shape index (κ2) is 2.51. The van der Waals surface area contributed by atoms with Crippen LogP contribution in [0.15, 0.2) is 0 Å². The number of rotatable bonds is 2. The Bertz CT molecular complexity index is 215. The number of likely N-dealkylation sites (N-methyl/N-ethyl adjacent to an activating group) is 1. The third-order valence-electron chi connectivity index (χ3n) is 2.70. The smallest absolute Gasteiger partial charge is 0.0855 e. The predicted octanol–water partition coefficient (Wildman–Crippen LogP) is 0.339. The van der Waals surface area contributed by atoms with Crippen LogP contribution in [0, 0.1) is 17.8 Å². The zero-order valence-electron chi connectivity index (χ0n) is 7.00. The number of ether oxygens (including phenoxy) is 1. The summed E-state index contributed by atoms with van der Waals surface area (Å²) in [5.74, 6) is 6.98. The Morgan fingerprint density at radius 2 is 2.36 bits per heavy atom. The second-order valence-electron chi connectivity index (χ2n) is 3.35. The van der Waals surface area contributed by atoms with Gasteiger partial charge in [-0.2, -0.15) is 0 Å². The van der Waals surface area contributed by atoms with E-state index < -0.39 is 0 Å². The highest BCUT2D eigenvalue weighted by Crippen LogP contribution is 2.31. The molecule has 2 nitrogen and oxygen atoms in total. The van der Waals surface area contributed by atoms with Gasteiger partial charge in [0.2, 0.25) is 0 Å². The van der Waals surface area contributed by atoms with Gasteiger partial charge in [0.15, 0.2) is 0 Å². The lowest BCUT2D eigenvalue weighted by atomic mass is 9.93. The third-order valence-corrected chi connectivity index (χ3v) is 2.70. The van der Waals surface area contributed by atoms with Crippen molar-refractivity contribution in [1.82, 2.24) is 4.90 Å². The first-order chi connectivity index (χ1) is 5.33. The molecule has 1 fully saturated rings. The Balaban J connectivity index is 1.98. The Labute approximate surface area is 67.5 Å². The summed E-state index contributed by atoms with van der Waals surface area (Å²) in [6.07, 6.45) is 1.20. The molecule has 0 unspecified atom stereocenters. The van der Waals surface area contributed by atoms with E-state index in [2.05, 4.69) is 23.8 Å². The second-order valence-corrected chi connectivity index (χ2v) is 3.35. The third kappa shape index (κ3) is 0.962. The van der Waals surface area contributed by atoms with E-state index >= 15 is 0 Å². The maximum absolute atomic E-state index is 5.12. The van der Waals surface area contributed by atoms with Crippen molar-refractivity contribution in [1.29, 1.82) is 0 Å². The Hall–Kier alpha value is -0.520. The molecule has 1 aliphatic carbocycles. The minimum absolute atomic E-state index is 0.537. The average Bonchev–Trinajstić information content (AvgIpc) is 2.11. The lowest BCUT2D eigenvalue weighted by Crippen LogP contribution is -2.37. The summed E-state index contributed by atoms with van der Waals surface area (Å²) in [6.45, 7) is 0.840. The van der Waals surface area contributed by atoms with Crippen LogP contribution in [0.5, 0.6) is 0 Å². The summed E-state index contributed by atoms with van der Waals surface area (Å²) in [7, 11) is 3.90. The van der Waals surface area contributed by atoms with Gasteiger partial charge in [-0.3, -0.25) is 4.90 Å². The van der Waals surface area contributed by atoms with E-state index in [1.54, 1.807) is 7.11 Å². The summed E-state index contributed by atoms with van der Waals surface area (Å²) >= 11 is 0. The SMILES string of the molecule is COC[C@H]1C[C@H]2C#C[C@H]2N1C. The molecule has 0 aromatic carbocycles. The zero-order valence-corrected chi connectivity index (χ0v) is 7.00. The molecule has 0 aromatic rings. The maximum Gasteiger partial charge on any atom is 0.0855 e. The van der Waals surface area contributed by atoms with Crippen molar-refractivity contribution in [2.75, 3.05) is 20.8 Å². The van der Waals surface area contributed by atoms with Crippen LogP contribution in [0.3, 0.4) is 0 Å². The zero-order chi connectivity index (χ0) is 7.84. The van der Waals surface area contributed by atoms with Gasteiger partial charge in [0.05, 0.1) is 12.6 Å². The van der Waals surface area contributed by atoms with E-state index in [4.69, 9.17) is 4.74 Å². The van der Waals surface area contributed by atoms with Gasteiger partial charge in [0.25, 0.3) is 0 Å². The molecule has 1 aliphatic heterocycles. The Morgan fingerprint density at radius 1 is 1.55 bits per heavy atom. The van der Waals surface area contributed by atoms with Crippen molar-refractivity contribution in [3.8, 4) is 11.8 Å². The Kier molecular flexibility index (Phi) is 1.63. The first-order valence-electron chi connectivity index (χ1n) is 4.05. The van der Waals surface area contributed by atoms with Crippen LogP contribution in [0.25, 0.3) is 0 Å². The van der Waals surface area contributed by atoms with Crippen molar-refractivity contribution < 1.29 is 4.74 Å². The molecule has 0 N–H and O–H groups in total. The summed E-state index contributed by atoms with van der Waals surface area (Å²) in [6, 6.07) is 1.12. The molecule has 0 amide bonds. The Morgan fingerprint density at radius 3 is 2.73 bits per heavy atom. The lowest BCUT2D eigenvalue weighted by Gasteiger charge is -2.24. The van der Waals surface area contributed by atoms with Gasteiger partial charge >= 0.3 is 0 Å². The molecule has 0 spiro atoms. The van der Waals surface area contributed by atoms with Gasteiger partial charge in [-0.1, -0.05) is 11.8 Å². The summed E-state index contributed by atoms with van der Waals surface area (Å²) in [5, 5.41) is 0. The molecular weight excluding hydrogens is 138 g/mol. The molecule has 0 aromatic heterocycles. The van der Waals surface area contributed by atoms with E-state index in [1.165, 1.54) is 6.42 Å². The standard InChI is InChI=1S/C9H13NO/c1-10-8(6-11-2)5-7-3-4-9(7)10/h7-9H,5-6H2,1-2H3/t7-,8-,9-/m1/s1. The molecule has 2 aliphatic rings. The van der Waals surface area contributed by atoms with Crippen molar-refractivity contribution in [2.24, 2.45) is 5.92 Å². The monoisotopic (exact) mass is 151 g/mol. The van der Waals surface area contributed by atoms with E-state index in [9.17, 15) is 0 Å². The molecule has 1 saturated heterocycles. The predicted molar refractivity (Wildman–Crippen MR) is 43.1 cm³/mol. The molecule has 0 bridgehead atoms. The highest BCUT2D eigenvalue weighted by molar-refractivity contribution is 5.30. The highest BCUT2D eigenvalue weighted by atomic mass is 16.5. The molecular formula is C9H13NO. The van der Waals surface area contributed by atoms with Gasteiger partial charge < -0.3 is 4.74 Å². The quantitative estimate of drug-likeness (QED) is 0.528. The normalized spacial score (nSPS) is 40.7. The van der Waals surface area contributed by atoms with Crippen LogP contribution in [-0.4, -0.2) is 37.7 Å². The van der Waals surface area contributed by atoms with Gasteiger partial charge in [-0.05, 0) is 13.5 Å². The molecule has 2 rings (SSSR count). The van der Waals surface area contributed by atoms with Gasteiger partial charge in [0.1, 0.15) is 0 Å².